The fraction of sp³-hybridized carbons (Fsp3) is 0.643. The Bertz CT molecular complexity index is 494. The van der Waals surface area contributed by atoms with Crippen LogP contribution in [-0.2, 0) is 16.1 Å². The van der Waals surface area contributed by atoms with E-state index in [-0.39, 0.29) is 11.9 Å². The van der Waals surface area contributed by atoms with Crippen molar-refractivity contribution in [3.63, 3.8) is 0 Å². The van der Waals surface area contributed by atoms with Gasteiger partial charge >= 0.3 is 5.97 Å². The van der Waals surface area contributed by atoms with Crippen LogP contribution in [0.15, 0.2) is 6.07 Å². The number of nitrogens with two attached hydrogens (primary N) is 1. The van der Waals surface area contributed by atoms with Gasteiger partial charge in [-0.1, -0.05) is 0 Å². The summed E-state index contributed by atoms with van der Waals surface area (Å²) in [4.78, 5) is 22.8. The monoisotopic (exact) mass is 293 g/mol. The molecule has 116 valence electrons. The van der Waals surface area contributed by atoms with E-state index in [0.29, 0.717) is 31.3 Å². The van der Waals surface area contributed by atoms with Gasteiger partial charge in [0.25, 0.3) is 0 Å². The van der Waals surface area contributed by atoms with Gasteiger partial charge in [0.05, 0.1) is 19.1 Å². The number of hydrogen-bond acceptors (Lipinski definition) is 7. The zero-order chi connectivity index (χ0) is 15.2. The minimum absolute atomic E-state index is 0.0457. The maximum absolute atomic E-state index is 11.8. The first kappa shape index (κ1) is 15.7. The zero-order valence-corrected chi connectivity index (χ0v) is 12.6. The minimum Gasteiger partial charge on any atom is -0.466 e. The minimum atomic E-state index is -0.100. The predicted octanol–water partition coefficient (Wildman–Crippen LogP) is 0.846. The van der Waals surface area contributed by atoms with E-state index in [4.69, 9.17) is 10.6 Å². The molecule has 1 aliphatic rings. The van der Waals surface area contributed by atoms with Gasteiger partial charge in [-0.2, -0.15) is 0 Å². The number of likely N-dealkylation sites (tertiary alicyclic amines) is 1. The van der Waals surface area contributed by atoms with Crippen molar-refractivity contribution in [1.82, 2.24) is 14.9 Å². The number of nitrogens with one attached hydrogen (secondary N) is 1. The zero-order valence-electron chi connectivity index (χ0n) is 12.6. The molecule has 1 saturated heterocycles. The first-order valence-corrected chi connectivity index (χ1v) is 7.32. The van der Waals surface area contributed by atoms with E-state index in [1.165, 1.54) is 0 Å². The van der Waals surface area contributed by atoms with Crippen molar-refractivity contribution >= 4 is 11.8 Å². The molecule has 0 bridgehead atoms. The number of nitrogen functional groups attached to an aromatic ring is 1. The van der Waals surface area contributed by atoms with Crippen molar-refractivity contribution in [3.05, 3.63) is 17.6 Å². The molecule has 1 aromatic heterocycles. The first-order valence-electron chi connectivity index (χ1n) is 7.32. The van der Waals surface area contributed by atoms with Crippen molar-refractivity contribution in [1.29, 1.82) is 0 Å². The van der Waals surface area contributed by atoms with E-state index in [0.717, 1.165) is 25.1 Å². The fourth-order valence-corrected chi connectivity index (χ4v) is 2.63. The molecule has 0 aliphatic carbocycles. The number of nitrogens with zero attached hydrogens (tertiary/aromatic N) is 3. The van der Waals surface area contributed by atoms with Crippen LogP contribution in [0.3, 0.4) is 0 Å². The van der Waals surface area contributed by atoms with Crippen LogP contribution in [0.5, 0.6) is 0 Å². The molecule has 0 amide bonds. The van der Waals surface area contributed by atoms with Crippen molar-refractivity contribution in [2.45, 2.75) is 33.2 Å². The maximum Gasteiger partial charge on any atom is 0.310 e. The van der Waals surface area contributed by atoms with E-state index in [1.54, 1.807) is 6.07 Å². The molecule has 0 saturated carbocycles. The average Bonchev–Trinajstić information content (AvgIpc) is 2.47. The number of esters is 1. The third kappa shape index (κ3) is 4.37. The highest BCUT2D eigenvalue weighted by Crippen LogP contribution is 2.19. The molecule has 1 fully saturated rings. The van der Waals surface area contributed by atoms with Gasteiger partial charge in [0.1, 0.15) is 11.6 Å². The maximum atomic E-state index is 11.8. The van der Waals surface area contributed by atoms with Crippen LogP contribution in [0, 0.1) is 12.8 Å². The van der Waals surface area contributed by atoms with E-state index in [9.17, 15) is 4.79 Å². The number of ether oxygens (including phenoxy) is 1. The molecule has 1 unspecified atom stereocenters. The number of rotatable bonds is 5. The summed E-state index contributed by atoms with van der Waals surface area (Å²) in [6, 6.07) is 1.79. The van der Waals surface area contributed by atoms with Gasteiger partial charge in [-0.3, -0.25) is 9.69 Å². The molecule has 3 N–H and O–H groups in total. The molecule has 2 rings (SSSR count). The summed E-state index contributed by atoms with van der Waals surface area (Å²) in [6.45, 7) is 6.43. The molecule has 0 radical (unpaired) electrons. The smallest absolute Gasteiger partial charge is 0.310 e. The van der Waals surface area contributed by atoms with Gasteiger partial charge in [0.2, 0.25) is 0 Å². The lowest BCUT2D eigenvalue weighted by atomic mass is 9.98. The number of carbonyl (C=O) groups is 1. The SMILES string of the molecule is CCOC(=O)C1CCCN(Cc2nc(C)cc(NN)n2)C1. The molecule has 2 heterocycles. The Labute approximate surface area is 124 Å². The van der Waals surface area contributed by atoms with Crippen molar-refractivity contribution in [3.8, 4) is 0 Å². The van der Waals surface area contributed by atoms with Crippen molar-refractivity contribution in [2.75, 3.05) is 25.1 Å². The first-order chi connectivity index (χ1) is 10.1. The normalized spacial score (nSPS) is 19.3. The summed E-state index contributed by atoms with van der Waals surface area (Å²) in [6.07, 6.45) is 1.87. The molecular weight excluding hydrogens is 270 g/mol. The van der Waals surface area contributed by atoms with Crippen LogP contribution in [0.25, 0.3) is 0 Å². The summed E-state index contributed by atoms with van der Waals surface area (Å²) >= 11 is 0. The van der Waals surface area contributed by atoms with Crippen LogP contribution in [-0.4, -0.2) is 40.5 Å². The highest BCUT2D eigenvalue weighted by molar-refractivity contribution is 5.72. The lowest BCUT2D eigenvalue weighted by Crippen LogP contribution is -2.39. The van der Waals surface area contributed by atoms with Crippen LogP contribution >= 0.6 is 0 Å². The number of aromatic nitrogens is 2. The van der Waals surface area contributed by atoms with Crippen molar-refractivity contribution < 1.29 is 9.53 Å². The largest absolute Gasteiger partial charge is 0.466 e. The molecule has 0 aromatic carbocycles. The van der Waals surface area contributed by atoms with Crippen LogP contribution < -0.4 is 11.3 Å². The Hall–Kier alpha value is -1.73. The summed E-state index contributed by atoms with van der Waals surface area (Å²) in [5.74, 6) is 6.58. The number of piperidine rings is 1. The molecule has 7 nitrogen and oxygen atoms in total. The van der Waals surface area contributed by atoms with Gasteiger partial charge in [-0.25, -0.2) is 15.8 Å². The fourth-order valence-electron chi connectivity index (χ4n) is 2.63. The molecule has 1 atom stereocenters. The van der Waals surface area contributed by atoms with E-state index >= 15 is 0 Å². The average molecular weight is 293 g/mol. The number of hydrazine groups is 1. The number of aryl methyl sites for hydroxylation is 1. The highest BCUT2D eigenvalue weighted by Gasteiger charge is 2.27. The van der Waals surface area contributed by atoms with Gasteiger partial charge in [-0.05, 0) is 33.2 Å². The van der Waals surface area contributed by atoms with E-state index in [1.807, 2.05) is 13.8 Å². The lowest BCUT2D eigenvalue weighted by Gasteiger charge is -2.30. The molecule has 7 heteroatoms. The molecule has 1 aliphatic heterocycles. The second kappa shape index (κ2) is 7.33. The standard InChI is InChI=1S/C14H23N5O2/c1-3-21-14(20)11-5-4-6-19(8-11)9-13-16-10(2)7-12(17-13)18-15/h7,11H,3-6,8-9,15H2,1-2H3,(H,16,17,18). The summed E-state index contributed by atoms with van der Waals surface area (Å²) < 4.78 is 5.11. The summed E-state index contributed by atoms with van der Waals surface area (Å²) in [5, 5.41) is 0. The third-order valence-corrected chi connectivity index (χ3v) is 3.54. The summed E-state index contributed by atoms with van der Waals surface area (Å²) in [5.41, 5.74) is 3.41. The predicted molar refractivity (Wildman–Crippen MR) is 79.2 cm³/mol. The van der Waals surface area contributed by atoms with Gasteiger partial charge in [0, 0.05) is 18.3 Å². The van der Waals surface area contributed by atoms with Crippen LogP contribution in [0.4, 0.5) is 5.82 Å². The van der Waals surface area contributed by atoms with Crippen LogP contribution in [0.1, 0.15) is 31.3 Å². The van der Waals surface area contributed by atoms with Gasteiger partial charge in [-0.15, -0.1) is 0 Å². The molecule has 1 aromatic rings. The summed E-state index contributed by atoms with van der Waals surface area (Å²) in [7, 11) is 0. The Morgan fingerprint density at radius 1 is 1.57 bits per heavy atom. The Kier molecular flexibility index (Phi) is 5.46. The molecule has 21 heavy (non-hydrogen) atoms. The number of hydrogen-bond donors (Lipinski definition) is 2. The lowest BCUT2D eigenvalue weighted by molar-refractivity contribution is -0.150. The Morgan fingerprint density at radius 2 is 2.38 bits per heavy atom. The number of carbonyl (C=O) groups excluding carboxylic acids is 1. The van der Waals surface area contributed by atoms with Gasteiger partial charge < -0.3 is 10.2 Å². The Morgan fingerprint density at radius 3 is 3.10 bits per heavy atom. The van der Waals surface area contributed by atoms with Gasteiger partial charge in [0.15, 0.2) is 0 Å². The van der Waals surface area contributed by atoms with Crippen LogP contribution in [0.2, 0.25) is 0 Å². The van der Waals surface area contributed by atoms with E-state index < -0.39 is 0 Å². The second-order valence-electron chi connectivity index (χ2n) is 5.28. The number of anilines is 1. The van der Waals surface area contributed by atoms with Crippen molar-refractivity contribution in [2.24, 2.45) is 11.8 Å². The Balaban J connectivity index is 1.99. The quantitative estimate of drug-likeness (QED) is 0.472. The highest BCUT2D eigenvalue weighted by atomic mass is 16.5. The second-order valence-corrected chi connectivity index (χ2v) is 5.28. The third-order valence-electron chi connectivity index (χ3n) is 3.54. The molecular formula is C14H23N5O2. The molecule has 0 spiro atoms. The topological polar surface area (TPSA) is 93.4 Å². The van der Waals surface area contributed by atoms with E-state index in [2.05, 4.69) is 20.3 Å².